The molecule has 1 aliphatic heterocycles. The molecule has 0 radical (unpaired) electrons. The summed E-state index contributed by atoms with van der Waals surface area (Å²) in [5.41, 5.74) is 0. The average Bonchev–Trinajstić information content (AvgIpc) is 2.69. The molecule has 0 aromatic heterocycles. The molecule has 5 heteroatoms. The van der Waals surface area contributed by atoms with Crippen LogP contribution in [0.2, 0.25) is 0 Å². The third-order valence-electron chi connectivity index (χ3n) is 4.80. The van der Waals surface area contributed by atoms with Crippen molar-refractivity contribution >= 4 is 5.91 Å². The van der Waals surface area contributed by atoms with Crippen molar-refractivity contribution in [2.45, 2.75) is 38.8 Å². The topological polar surface area (TPSA) is 50.8 Å². The van der Waals surface area contributed by atoms with Crippen LogP contribution < -0.4 is 14.8 Å². The highest BCUT2D eigenvalue weighted by molar-refractivity contribution is 5.77. The number of hydrogen-bond acceptors (Lipinski definition) is 4. The minimum absolute atomic E-state index is 0.0310. The van der Waals surface area contributed by atoms with Gasteiger partial charge in [0.25, 0.3) is 5.91 Å². The molecule has 27 heavy (non-hydrogen) atoms. The van der Waals surface area contributed by atoms with Crippen molar-refractivity contribution in [3.05, 3.63) is 54.6 Å². The van der Waals surface area contributed by atoms with Crippen molar-refractivity contribution in [1.29, 1.82) is 0 Å². The maximum atomic E-state index is 12.1. The van der Waals surface area contributed by atoms with E-state index in [9.17, 15) is 4.79 Å². The maximum absolute atomic E-state index is 12.1. The second kappa shape index (κ2) is 9.42. The van der Waals surface area contributed by atoms with Crippen LogP contribution in [-0.4, -0.2) is 42.6 Å². The molecule has 1 saturated heterocycles. The molecule has 5 nitrogen and oxygen atoms in total. The van der Waals surface area contributed by atoms with Gasteiger partial charge in [-0.2, -0.15) is 0 Å². The Hall–Kier alpha value is -2.53. The molecule has 1 heterocycles. The monoisotopic (exact) mass is 368 g/mol. The third kappa shape index (κ3) is 6.00. The lowest BCUT2D eigenvalue weighted by molar-refractivity contribution is -0.124. The summed E-state index contributed by atoms with van der Waals surface area (Å²) in [6, 6.07) is 17.7. The third-order valence-corrected chi connectivity index (χ3v) is 4.80. The lowest BCUT2D eigenvalue weighted by Crippen LogP contribution is -2.47. The van der Waals surface area contributed by atoms with E-state index in [1.165, 1.54) is 0 Å². The molecule has 0 bridgehead atoms. The summed E-state index contributed by atoms with van der Waals surface area (Å²) in [4.78, 5) is 14.6. The Morgan fingerprint density at radius 3 is 2.22 bits per heavy atom. The Morgan fingerprint density at radius 2 is 1.59 bits per heavy atom. The summed E-state index contributed by atoms with van der Waals surface area (Å²) in [5.74, 6) is 2.10. The van der Waals surface area contributed by atoms with Gasteiger partial charge in [-0.15, -0.1) is 0 Å². The van der Waals surface area contributed by atoms with Crippen molar-refractivity contribution in [2.75, 3.05) is 19.7 Å². The fourth-order valence-corrected chi connectivity index (χ4v) is 3.21. The minimum Gasteiger partial charge on any atom is -0.484 e. The molecule has 0 unspecified atom stereocenters. The van der Waals surface area contributed by atoms with Gasteiger partial charge in [0.2, 0.25) is 0 Å². The van der Waals surface area contributed by atoms with Gasteiger partial charge in [-0.3, -0.25) is 4.79 Å². The van der Waals surface area contributed by atoms with Gasteiger partial charge in [0.15, 0.2) is 6.61 Å². The fraction of sp³-hybridized carbons (Fsp3) is 0.409. The van der Waals surface area contributed by atoms with Crippen LogP contribution in [0.4, 0.5) is 0 Å². The standard InChI is InChI=1S/C22H28N2O3/c1-17(2)24-14-12-18(13-15-24)23-22(25)16-26-19-8-10-21(11-9-19)27-20-6-4-3-5-7-20/h3-11,17-18H,12-16H2,1-2H3,(H,23,25). The molecule has 3 rings (SSSR count). The number of hydrogen-bond donors (Lipinski definition) is 1. The Kier molecular flexibility index (Phi) is 6.71. The molecule has 0 saturated carbocycles. The van der Waals surface area contributed by atoms with Crippen LogP contribution in [0.5, 0.6) is 17.2 Å². The summed E-state index contributed by atoms with van der Waals surface area (Å²) >= 11 is 0. The summed E-state index contributed by atoms with van der Waals surface area (Å²) in [6.07, 6.45) is 1.99. The second-order valence-electron chi connectivity index (χ2n) is 7.15. The molecule has 1 aliphatic rings. The first-order valence-corrected chi connectivity index (χ1v) is 9.59. The number of nitrogens with one attached hydrogen (secondary N) is 1. The molecule has 1 fully saturated rings. The molecule has 1 N–H and O–H groups in total. The van der Waals surface area contributed by atoms with Gasteiger partial charge in [0, 0.05) is 25.2 Å². The molecule has 0 spiro atoms. The van der Waals surface area contributed by atoms with Crippen LogP contribution in [0, 0.1) is 0 Å². The van der Waals surface area contributed by atoms with Crippen LogP contribution in [0.1, 0.15) is 26.7 Å². The smallest absolute Gasteiger partial charge is 0.258 e. The zero-order valence-electron chi connectivity index (χ0n) is 16.1. The van der Waals surface area contributed by atoms with E-state index in [1.807, 2.05) is 54.6 Å². The number of carbonyl (C=O) groups is 1. The van der Waals surface area contributed by atoms with E-state index >= 15 is 0 Å². The van der Waals surface area contributed by atoms with E-state index in [0.717, 1.165) is 37.4 Å². The van der Waals surface area contributed by atoms with E-state index in [-0.39, 0.29) is 18.6 Å². The number of nitrogens with zero attached hydrogens (tertiary/aromatic N) is 1. The second-order valence-corrected chi connectivity index (χ2v) is 7.15. The molecule has 144 valence electrons. The van der Waals surface area contributed by atoms with E-state index in [0.29, 0.717) is 11.8 Å². The molecular formula is C22H28N2O3. The molecular weight excluding hydrogens is 340 g/mol. The predicted molar refractivity (Wildman–Crippen MR) is 106 cm³/mol. The van der Waals surface area contributed by atoms with Crippen molar-refractivity contribution in [1.82, 2.24) is 10.2 Å². The Balaban J connectivity index is 1.40. The molecule has 1 amide bonds. The fourth-order valence-electron chi connectivity index (χ4n) is 3.21. The van der Waals surface area contributed by atoms with E-state index in [2.05, 4.69) is 24.1 Å². The number of para-hydroxylation sites is 1. The van der Waals surface area contributed by atoms with Gasteiger partial charge in [-0.05, 0) is 63.1 Å². The van der Waals surface area contributed by atoms with Gasteiger partial charge >= 0.3 is 0 Å². The summed E-state index contributed by atoms with van der Waals surface area (Å²) in [6.45, 7) is 6.52. The number of amides is 1. The average molecular weight is 368 g/mol. The van der Waals surface area contributed by atoms with Crippen LogP contribution in [0.3, 0.4) is 0 Å². The van der Waals surface area contributed by atoms with Crippen LogP contribution in [0.25, 0.3) is 0 Å². The molecule has 2 aromatic carbocycles. The number of rotatable bonds is 7. The summed E-state index contributed by atoms with van der Waals surface area (Å²) < 4.78 is 11.3. The Bertz CT molecular complexity index is 708. The molecule has 0 atom stereocenters. The molecule has 0 aliphatic carbocycles. The van der Waals surface area contributed by atoms with E-state index < -0.39 is 0 Å². The first-order chi connectivity index (χ1) is 13.1. The van der Waals surface area contributed by atoms with Gasteiger partial charge < -0.3 is 19.7 Å². The normalized spacial score (nSPS) is 15.5. The predicted octanol–water partition coefficient (Wildman–Crippen LogP) is 3.85. The van der Waals surface area contributed by atoms with Crippen molar-refractivity contribution < 1.29 is 14.3 Å². The number of carbonyl (C=O) groups excluding carboxylic acids is 1. The SMILES string of the molecule is CC(C)N1CCC(NC(=O)COc2ccc(Oc3ccccc3)cc2)CC1. The highest BCUT2D eigenvalue weighted by atomic mass is 16.5. The first kappa shape index (κ1) is 19.2. The Labute approximate surface area is 161 Å². The molecule has 2 aromatic rings. The number of benzene rings is 2. The minimum atomic E-state index is -0.0670. The highest BCUT2D eigenvalue weighted by Crippen LogP contribution is 2.23. The lowest BCUT2D eigenvalue weighted by Gasteiger charge is -2.34. The zero-order valence-corrected chi connectivity index (χ0v) is 16.1. The zero-order chi connectivity index (χ0) is 19.1. The van der Waals surface area contributed by atoms with Crippen LogP contribution in [-0.2, 0) is 4.79 Å². The van der Waals surface area contributed by atoms with Gasteiger partial charge in [0.05, 0.1) is 0 Å². The van der Waals surface area contributed by atoms with Gasteiger partial charge in [-0.1, -0.05) is 18.2 Å². The number of ether oxygens (including phenoxy) is 2. The highest BCUT2D eigenvalue weighted by Gasteiger charge is 2.22. The summed E-state index contributed by atoms with van der Waals surface area (Å²) in [5, 5.41) is 3.08. The largest absolute Gasteiger partial charge is 0.484 e. The number of likely N-dealkylation sites (tertiary alicyclic amines) is 1. The van der Waals surface area contributed by atoms with E-state index in [4.69, 9.17) is 9.47 Å². The van der Waals surface area contributed by atoms with Crippen molar-refractivity contribution in [2.24, 2.45) is 0 Å². The van der Waals surface area contributed by atoms with Crippen molar-refractivity contribution in [3.63, 3.8) is 0 Å². The van der Waals surface area contributed by atoms with Gasteiger partial charge in [0.1, 0.15) is 17.2 Å². The van der Waals surface area contributed by atoms with Crippen molar-refractivity contribution in [3.8, 4) is 17.2 Å². The quantitative estimate of drug-likeness (QED) is 0.807. The van der Waals surface area contributed by atoms with Crippen LogP contribution in [0.15, 0.2) is 54.6 Å². The Morgan fingerprint density at radius 1 is 1.00 bits per heavy atom. The maximum Gasteiger partial charge on any atom is 0.258 e. The van der Waals surface area contributed by atoms with Crippen LogP contribution >= 0.6 is 0 Å². The summed E-state index contributed by atoms with van der Waals surface area (Å²) in [7, 11) is 0. The van der Waals surface area contributed by atoms with E-state index in [1.54, 1.807) is 0 Å². The first-order valence-electron chi connectivity index (χ1n) is 9.59. The van der Waals surface area contributed by atoms with Gasteiger partial charge in [-0.25, -0.2) is 0 Å². The number of piperidine rings is 1. The lowest BCUT2D eigenvalue weighted by atomic mass is 10.0.